The number of hydrogen-bond acceptors (Lipinski definition) is 5. The molecule has 2 amide bonds. The van der Waals surface area contributed by atoms with Crippen LogP contribution in [0.5, 0.6) is 0 Å². The van der Waals surface area contributed by atoms with Crippen molar-refractivity contribution >= 4 is 39.3 Å². The van der Waals surface area contributed by atoms with E-state index in [9.17, 15) is 18.0 Å². The first-order valence-electron chi connectivity index (χ1n) is 8.15. The number of rotatable bonds is 3. The molecule has 25 heavy (non-hydrogen) atoms. The zero-order valence-electron chi connectivity index (χ0n) is 13.9. The zero-order valence-corrected chi connectivity index (χ0v) is 15.6. The number of carbonyl (C=O) groups excluding carboxylic acids is 2. The Labute approximate surface area is 151 Å². The molecule has 1 aromatic rings. The highest BCUT2D eigenvalue weighted by Gasteiger charge is 2.26. The normalized spacial score (nSPS) is 19.6. The van der Waals surface area contributed by atoms with Gasteiger partial charge in [0.1, 0.15) is 0 Å². The van der Waals surface area contributed by atoms with E-state index in [2.05, 4.69) is 10.6 Å². The van der Waals surface area contributed by atoms with Crippen LogP contribution in [0.4, 0.5) is 5.69 Å². The highest BCUT2D eigenvalue weighted by atomic mass is 32.2. The van der Waals surface area contributed by atoms with Gasteiger partial charge in [-0.3, -0.25) is 9.59 Å². The number of hydrogen-bond donors (Lipinski definition) is 2. The van der Waals surface area contributed by atoms with E-state index in [0.717, 1.165) is 10.6 Å². The van der Waals surface area contributed by atoms with Gasteiger partial charge in [0.15, 0.2) is 0 Å². The van der Waals surface area contributed by atoms with Crippen molar-refractivity contribution in [3.8, 4) is 0 Å². The molecule has 2 N–H and O–H groups in total. The van der Waals surface area contributed by atoms with Crippen LogP contribution in [-0.2, 0) is 14.8 Å². The third-order valence-corrected chi connectivity index (χ3v) is 6.74. The van der Waals surface area contributed by atoms with Crippen LogP contribution in [-0.4, -0.2) is 55.7 Å². The second-order valence-electron chi connectivity index (χ2n) is 6.27. The lowest BCUT2D eigenvalue weighted by atomic mass is 10.1. The minimum atomic E-state index is -3.17. The summed E-state index contributed by atoms with van der Waals surface area (Å²) in [6.07, 6.45) is 2.85. The summed E-state index contributed by atoms with van der Waals surface area (Å²) in [5, 5.41) is 5.79. The van der Waals surface area contributed by atoms with Crippen LogP contribution in [0.15, 0.2) is 23.1 Å². The van der Waals surface area contributed by atoms with E-state index in [4.69, 9.17) is 0 Å². The van der Waals surface area contributed by atoms with Crippen molar-refractivity contribution < 1.29 is 18.0 Å². The van der Waals surface area contributed by atoms with E-state index < -0.39 is 10.0 Å². The molecule has 7 nitrogen and oxygen atoms in total. The predicted molar refractivity (Wildman–Crippen MR) is 97.3 cm³/mol. The van der Waals surface area contributed by atoms with Crippen molar-refractivity contribution in [1.29, 1.82) is 0 Å². The van der Waals surface area contributed by atoms with Gasteiger partial charge in [-0.25, -0.2) is 12.7 Å². The quantitative estimate of drug-likeness (QED) is 0.820. The Morgan fingerprint density at radius 2 is 2.04 bits per heavy atom. The monoisotopic (exact) mass is 383 g/mol. The van der Waals surface area contributed by atoms with Crippen LogP contribution in [0, 0.1) is 0 Å². The molecule has 0 aromatic heterocycles. The number of anilines is 1. The molecule has 2 aliphatic heterocycles. The third-order valence-electron chi connectivity index (χ3n) is 4.36. The fourth-order valence-corrected chi connectivity index (χ4v) is 4.77. The van der Waals surface area contributed by atoms with Gasteiger partial charge in [-0.05, 0) is 31.0 Å². The Bertz CT molecular complexity index is 787. The van der Waals surface area contributed by atoms with Crippen molar-refractivity contribution in [2.75, 3.05) is 30.4 Å². The van der Waals surface area contributed by atoms with E-state index in [1.165, 1.54) is 10.6 Å². The highest BCUT2D eigenvalue weighted by molar-refractivity contribution is 7.99. The SMILES string of the molecule is CS(=O)(=O)N1CCC(NC(=O)c2ccc3c(c2)NC(=O)CCS3)CC1. The number of amides is 2. The van der Waals surface area contributed by atoms with Gasteiger partial charge in [0.25, 0.3) is 5.91 Å². The summed E-state index contributed by atoms with van der Waals surface area (Å²) < 4.78 is 24.5. The summed E-state index contributed by atoms with van der Waals surface area (Å²) >= 11 is 1.59. The molecular formula is C16H21N3O4S2. The fraction of sp³-hybridized carbons (Fsp3) is 0.500. The average molecular weight is 383 g/mol. The maximum Gasteiger partial charge on any atom is 0.251 e. The first-order valence-corrected chi connectivity index (χ1v) is 11.0. The first kappa shape index (κ1) is 18.2. The molecule has 0 atom stereocenters. The van der Waals surface area contributed by atoms with Crippen molar-refractivity contribution in [3.05, 3.63) is 23.8 Å². The molecule has 1 fully saturated rings. The van der Waals surface area contributed by atoms with Gasteiger partial charge >= 0.3 is 0 Å². The van der Waals surface area contributed by atoms with Gasteiger partial charge in [0, 0.05) is 41.8 Å². The lowest BCUT2D eigenvalue weighted by molar-refractivity contribution is -0.115. The van der Waals surface area contributed by atoms with Gasteiger partial charge < -0.3 is 10.6 Å². The smallest absolute Gasteiger partial charge is 0.251 e. The molecule has 2 heterocycles. The van der Waals surface area contributed by atoms with Crippen LogP contribution >= 0.6 is 11.8 Å². The minimum absolute atomic E-state index is 0.0445. The van der Waals surface area contributed by atoms with Crippen LogP contribution < -0.4 is 10.6 Å². The third kappa shape index (κ3) is 4.53. The van der Waals surface area contributed by atoms with Gasteiger partial charge in [-0.15, -0.1) is 11.8 Å². The Kier molecular flexibility index (Phi) is 5.35. The predicted octanol–water partition coefficient (Wildman–Crippen LogP) is 1.27. The molecule has 0 saturated carbocycles. The topological polar surface area (TPSA) is 95.6 Å². The fourth-order valence-electron chi connectivity index (χ4n) is 2.96. The molecule has 136 valence electrons. The molecule has 0 bridgehead atoms. The average Bonchev–Trinajstić information content (AvgIpc) is 2.74. The van der Waals surface area contributed by atoms with Crippen LogP contribution in [0.3, 0.4) is 0 Å². The maximum atomic E-state index is 12.5. The van der Waals surface area contributed by atoms with E-state index in [-0.39, 0.29) is 17.9 Å². The maximum absolute atomic E-state index is 12.5. The number of fused-ring (bicyclic) bond motifs is 1. The summed E-state index contributed by atoms with van der Waals surface area (Å²) in [4.78, 5) is 25.1. The number of sulfonamides is 1. The highest BCUT2D eigenvalue weighted by Crippen LogP contribution is 2.31. The van der Waals surface area contributed by atoms with Gasteiger partial charge in [0.2, 0.25) is 15.9 Å². The lowest BCUT2D eigenvalue weighted by Gasteiger charge is -2.30. The van der Waals surface area contributed by atoms with Crippen molar-refractivity contribution in [2.45, 2.75) is 30.2 Å². The molecule has 0 aliphatic carbocycles. The lowest BCUT2D eigenvalue weighted by Crippen LogP contribution is -2.46. The van der Waals surface area contributed by atoms with Crippen LogP contribution in [0.25, 0.3) is 0 Å². The zero-order chi connectivity index (χ0) is 18.0. The Balaban J connectivity index is 1.64. The number of carbonyl (C=O) groups is 2. The molecule has 9 heteroatoms. The number of nitrogens with one attached hydrogen (secondary N) is 2. The minimum Gasteiger partial charge on any atom is -0.349 e. The van der Waals surface area contributed by atoms with E-state index >= 15 is 0 Å². The van der Waals surface area contributed by atoms with E-state index in [0.29, 0.717) is 43.6 Å². The van der Waals surface area contributed by atoms with Crippen molar-refractivity contribution in [2.24, 2.45) is 0 Å². The molecule has 3 rings (SSSR count). The Morgan fingerprint density at radius 3 is 2.72 bits per heavy atom. The molecule has 1 aromatic carbocycles. The molecular weight excluding hydrogens is 362 g/mol. The number of piperidine rings is 1. The van der Waals surface area contributed by atoms with Crippen molar-refractivity contribution in [1.82, 2.24) is 9.62 Å². The first-order chi connectivity index (χ1) is 11.8. The van der Waals surface area contributed by atoms with E-state index in [1.54, 1.807) is 23.9 Å². The number of thioether (sulfide) groups is 1. The van der Waals surface area contributed by atoms with E-state index in [1.807, 2.05) is 6.07 Å². The second-order valence-corrected chi connectivity index (χ2v) is 9.39. The summed E-state index contributed by atoms with van der Waals surface area (Å²) in [6, 6.07) is 5.26. The van der Waals surface area contributed by atoms with Gasteiger partial charge in [0.05, 0.1) is 11.9 Å². The van der Waals surface area contributed by atoms with Gasteiger partial charge in [-0.2, -0.15) is 0 Å². The molecule has 2 aliphatic rings. The summed E-state index contributed by atoms with van der Waals surface area (Å²) in [7, 11) is -3.17. The van der Waals surface area contributed by atoms with Gasteiger partial charge in [-0.1, -0.05) is 0 Å². The standard InChI is InChI=1S/C16H21N3O4S2/c1-25(22,23)19-7-4-12(5-8-19)17-16(21)11-2-3-14-13(10-11)18-15(20)6-9-24-14/h2-3,10,12H,4-9H2,1H3,(H,17,21)(H,18,20). The largest absolute Gasteiger partial charge is 0.349 e. The molecule has 0 radical (unpaired) electrons. The Morgan fingerprint density at radius 1 is 1.32 bits per heavy atom. The molecule has 1 saturated heterocycles. The number of nitrogens with zero attached hydrogens (tertiary/aromatic N) is 1. The number of benzene rings is 1. The summed E-state index contributed by atoms with van der Waals surface area (Å²) in [6.45, 7) is 0.835. The van der Waals surface area contributed by atoms with Crippen LogP contribution in [0.1, 0.15) is 29.6 Å². The molecule has 0 unspecified atom stereocenters. The Hall–Kier alpha value is -1.58. The second kappa shape index (κ2) is 7.35. The van der Waals surface area contributed by atoms with Crippen molar-refractivity contribution in [3.63, 3.8) is 0 Å². The summed E-state index contributed by atoms with van der Waals surface area (Å²) in [5.74, 6) is 0.476. The van der Waals surface area contributed by atoms with Crippen LogP contribution in [0.2, 0.25) is 0 Å². The molecule has 0 spiro atoms. The summed E-state index contributed by atoms with van der Waals surface area (Å²) in [5.41, 5.74) is 1.17.